The fourth-order valence-corrected chi connectivity index (χ4v) is 5.07. The first kappa shape index (κ1) is 22.0. The molecule has 8 nitrogen and oxygen atoms in total. The Kier molecular flexibility index (Phi) is 5.21. The first-order valence-corrected chi connectivity index (χ1v) is 12.4. The second-order valence-corrected chi connectivity index (χ2v) is 10.0. The Labute approximate surface area is 205 Å². The molecule has 8 heteroatoms. The third kappa shape index (κ3) is 3.91. The predicted molar refractivity (Wildman–Crippen MR) is 136 cm³/mol. The van der Waals surface area contributed by atoms with Gasteiger partial charge in [0.25, 0.3) is 5.91 Å². The maximum Gasteiger partial charge on any atom is 0.257 e. The second kappa shape index (κ2) is 8.30. The van der Waals surface area contributed by atoms with E-state index in [1.165, 1.54) is 6.21 Å². The highest BCUT2D eigenvalue weighted by atomic mass is 16.2. The lowest BCUT2D eigenvalue weighted by atomic mass is 10.0. The summed E-state index contributed by atoms with van der Waals surface area (Å²) in [6.45, 7) is 2.56. The van der Waals surface area contributed by atoms with Crippen molar-refractivity contribution in [1.29, 1.82) is 5.41 Å². The van der Waals surface area contributed by atoms with E-state index >= 15 is 0 Å². The normalized spacial score (nSPS) is 20.9. The number of benzene rings is 2. The molecule has 1 saturated heterocycles. The average Bonchev–Trinajstić information content (AvgIpc) is 3.82. The summed E-state index contributed by atoms with van der Waals surface area (Å²) in [5, 5.41) is 10.7. The van der Waals surface area contributed by atoms with E-state index in [-0.39, 0.29) is 17.7 Å². The van der Waals surface area contributed by atoms with Gasteiger partial charge in [0, 0.05) is 49.1 Å². The zero-order valence-electron chi connectivity index (χ0n) is 20.0. The van der Waals surface area contributed by atoms with E-state index in [0.29, 0.717) is 13.3 Å². The number of carbonyl (C=O) groups is 2. The van der Waals surface area contributed by atoms with Gasteiger partial charge in [0.05, 0.1) is 13.3 Å². The summed E-state index contributed by atoms with van der Waals surface area (Å²) in [7, 11) is 1.86. The van der Waals surface area contributed by atoms with Gasteiger partial charge < -0.3 is 15.6 Å². The molecule has 2 saturated carbocycles. The van der Waals surface area contributed by atoms with Gasteiger partial charge in [-0.15, -0.1) is 0 Å². The van der Waals surface area contributed by atoms with Crippen LogP contribution in [0.3, 0.4) is 0 Å². The molecule has 4 aliphatic rings. The molecule has 6 rings (SSSR count). The first-order chi connectivity index (χ1) is 17.0. The molecule has 2 N–H and O–H groups in total. The number of carbonyl (C=O) groups excluding carboxylic acids is 2. The highest BCUT2D eigenvalue weighted by molar-refractivity contribution is 6.16. The standard InChI is InChI=1S/C27H30N6O2/c1-29-23-14-21(8-9-22(23)15-28)18-2-4-19(5-3-18)24-30-27(10-11-27)26(35)33(24)17-31-12-13-32(16-31)25(34)20-6-7-20/h2-5,8-9,14-15,20,28-29H,6-7,10-13,16-17H2,1H3. The highest BCUT2D eigenvalue weighted by Crippen LogP contribution is 2.46. The first-order valence-electron chi connectivity index (χ1n) is 12.4. The second-order valence-electron chi connectivity index (χ2n) is 10.0. The van der Waals surface area contributed by atoms with Crippen LogP contribution in [0, 0.1) is 11.3 Å². The molecule has 2 amide bonds. The van der Waals surface area contributed by atoms with Crippen molar-refractivity contribution in [3.05, 3.63) is 53.6 Å². The van der Waals surface area contributed by atoms with Gasteiger partial charge >= 0.3 is 0 Å². The molecule has 2 aliphatic carbocycles. The van der Waals surface area contributed by atoms with E-state index in [4.69, 9.17) is 10.4 Å². The summed E-state index contributed by atoms with van der Waals surface area (Å²) in [4.78, 5) is 36.6. The molecule has 0 aromatic heterocycles. The Balaban J connectivity index is 1.21. The Bertz CT molecular complexity index is 1230. The summed E-state index contributed by atoms with van der Waals surface area (Å²) < 4.78 is 0. The minimum atomic E-state index is -0.568. The minimum Gasteiger partial charge on any atom is -0.388 e. The van der Waals surface area contributed by atoms with Crippen LogP contribution in [-0.4, -0.2) is 77.6 Å². The van der Waals surface area contributed by atoms with E-state index in [2.05, 4.69) is 22.3 Å². The molecule has 2 aromatic rings. The van der Waals surface area contributed by atoms with Gasteiger partial charge in [0.1, 0.15) is 11.4 Å². The molecular formula is C27H30N6O2. The summed E-state index contributed by atoms with van der Waals surface area (Å²) in [5.74, 6) is 1.31. The maximum atomic E-state index is 13.3. The van der Waals surface area contributed by atoms with Crippen molar-refractivity contribution in [3.8, 4) is 11.1 Å². The fourth-order valence-electron chi connectivity index (χ4n) is 5.07. The number of nitrogens with one attached hydrogen (secondary N) is 2. The maximum absolute atomic E-state index is 13.3. The molecule has 0 bridgehead atoms. The number of amides is 2. The third-order valence-electron chi connectivity index (χ3n) is 7.53. The van der Waals surface area contributed by atoms with Crippen molar-refractivity contribution < 1.29 is 9.59 Å². The van der Waals surface area contributed by atoms with Crippen molar-refractivity contribution in [2.24, 2.45) is 10.9 Å². The Morgan fingerprint density at radius 1 is 1.11 bits per heavy atom. The van der Waals surface area contributed by atoms with Crippen LogP contribution < -0.4 is 5.32 Å². The summed E-state index contributed by atoms with van der Waals surface area (Å²) >= 11 is 0. The van der Waals surface area contributed by atoms with Crippen LogP contribution in [-0.2, 0) is 9.59 Å². The smallest absolute Gasteiger partial charge is 0.257 e. The molecule has 0 unspecified atom stereocenters. The lowest BCUT2D eigenvalue weighted by molar-refractivity contribution is -0.132. The molecule has 2 aromatic carbocycles. The summed E-state index contributed by atoms with van der Waals surface area (Å²) in [5.41, 5.74) is 4.24. The van der Waals surface area contributed by atoms with Crippen molar-refractivity contribution >= 4 is 29.6 Å². The van der Waals surface area contributed by atoms with Crippen molar-refractivity contribution in [2.45, 2.75) is 31.2 Å². The lowest BCUT2D eigenvalue weighted by Gasteiger charge is -2.26. The largest absolute Gasteiger partial charge is 0.388 e. The number of amidine groups is 1. The number of aliphatic imine (C=N–C) groups is 1. The van der Waals surface area contributed by atoms with E-state index in [1.807, 2.05) is 47.2 Å². The van der Waals surface area contributed by atoms with E-state index in [9.17, 15) is 9.59 Å². The number of nitrogens with zero attached hydrogens (tertiary/aromatic N) is 4. The zero-order valence-corrected chi connectivity index (χ0v) is 20.0. The molecule has 2 heterocycles. The Hall–Kier alpha value is -3.52. The lowest BCUT2D eigenvalue weighted by Crippen LogP contribution is -2.44. The molecule has 3 fully saturated rings. The summed E-state index contributed by atoms with van der Waals surface area (Å²) in [6, 6.07) is 14.2. The predicted octanol–water partition coefficient (Wildman–Crippen LogP) is 2.98. The van der Waals surface area contributed by atoms with Gasteiger partial charge in [-0.3, -0.25) is 24.4 Å². The molecule has 35 heavy (non-hydrogen) atoms. The molecule has 1 spiro atoms. The van der Waals surface area contributed by atoms with Gasteiger partial charge in [0.15, 0.2) is 0 Å². The van der Waals surface area contributed by atoms with Crippen LogP contribution in [0.4, 0.5) is 5.69 Å². The van der Waals surface area contributed by atoms with Gasteiger partial charge in [-0.05, 0) is 42.9 Å². The van der Waals surface area contributed by atoms with E-state index in [0.717, 1.165) is 72.5 Å². The van der Waals surface area contributed by atoms with Crippen LogP contribution in [0.15, 0.2) is 47.5 Å². The van der Waals surface area contributed by atoms with Crippen LogP contribution >= 0.6 is 0 Å². The highest BCUT2D eigenvalue weighted by Gasteiger charge is 2.57. The molecule has 0 atom stereocenters. The topological polar surface area (TPSA) is 92.1 Å². The number of hydrogen-bond acceptors (Lipinski definition) is 6. The molecule has 180 valence electrons. The number of hydrogen-bond donors (Lipinski definition) is 2. The minimum absolute atomic E-state index is 0.0874. The Morgan fingerprint density at radius 2 is 1.83 bits per heavy atom. The van der Waals surface area contributed by atoms with Crippen LogP contribution in [0.25, 0.3) is 11.1 Å². The molecular weight excluding hydrogens is 440 g/mol. The molecule has 2 aliphatic heterocycles. The van der Waals surface area contributed by atoms with Crippen LogP contribution in [0.2, 0.25) is 0 Å². The third-order valence-corrected chi connectivity index (χ3v) is 7.53. The van der Waals surface area contributed by atoms with Gasteiger partial charge in [-0.2, -0.15) is 0 Å². The fraction of sp³-hybridized carbons (Fsp3) is 0.407. The Morgan fingerprint density at radius 3 is 2.49 bits per heavy atom. The SMILES string of the molecule is CNc1cc(-c2ccc(C3=NC4(CC4)C(=O)N3CN3CCN(C(=O)C4CC4)C3)cc2)ccc1C=N. The monoisotopic (exact) mass is 470 g/mol. The van der Waals surface area contributed by atoms with Crippen molar-refractivity contribution in [3.63, 3.8) is 0 Å². The molecule has 0 radical (unpaired) electrons. The van der Waals surface area contributed by atoms with E-state index < -0.39 is 5.54 Å². The van der Waals surface area contributed by atoms with Gasteiger partial charge in [-0.1, -0.05) is 36.4 Å². The summed E-state index contributed by atoms with van der Waals surface area (Å²) in [6.07, 6.45) is 4.99. The number of anilines is 1. The zero-order chi connectivity index (χ0) is 24.2. The van der Waals surface area contributed by atoms with E-state index in [1.54, 1.807) is 0 Å². The van der Waals surface area contributed by atoms with Gasteiger partial charge in [-0.25, -0.2) is 0 Å². The van der Waals surface area contributed by atoms with Crippen molar-refractivity contribution in [1.82, 2.24) is 14.7 Å². The quantitative estimate of drug-likeness (QED) is 0.609. The van der Waals surface area contributed by atoms with Crippen molar-refractivity contribution in [2.75, 3.05) is 38.8 Å². The van der Waals surface area contributed by atoms with Crippen LogP contribution in [0.5, 0.6) is 0 Å². The average molecular weight is 471 g/mol. The number of rotatable bonds is 7. The van der Waals surface area contributed by atoms with Gasteiger partial charge in [0.2, 0.25) is 5.91 Å². The van der Waals surface area contributed by atoms with Crippen LogP contribution in [0.1, 0.15) is 36.8 Å².